The smallest absolute Gasteiger partial charge is 0.252 e. The van der Waals surface area contributed by atoms with Crippen LogP contribution in [0.25, 0.3) is 11.4 Å². The number of rotatable bonds is 4. The van der Waals surface area contributed by atoms with Gasteiger partial charge in [-0.25, -0.2) is 9.97 Å². The Hall–Kier alpha value is -1.98. The van der Waals surface area contributed by atoms with Gasteiger partial charge < -0.3 is 10.4 Å². The minimum absolute atomic E-state index is 0.243. The lowest BCUT2D eigenvalue weighted by molar-refractivity contribution is 0.0246. The number of amides is 1. The molecular weight excluding hydrogens is 350 g/mol. The first-order valence-electron chi connectivity index (χ1n) is 9.06. The number of benzene rings is 1. The summed E-state index contributed by atoms with van der Waals surface area (Å²) in [5.74, 6) is 0.255. The normalized spacial score (nSPS) is 16.7. The van der Waals surface area contributed by atoms with Gasteiger partial charge in [-0.15, -0.1) is 0 Å². The summed E-state index contributed by atoms with van der Waals surface area (Å²) in [6.45, 7) is 2.16. The van der Waals surface area contributed by atoms with Crippen LogP contribution in [0.15, 0.2) is 30.6 Å². The van der Waals surface area contributed by atoms with Crippen molar-refractivity contribution in [1.82, 2.24) is 15.3 Å². The van der Waals surface area contributed by atoms with Gasteiger partial charge in [0.2, 0.25) is 0 Å². The summed E-state index contributed by atoms with van der Waals surface area (Å²) in [4.78, 5) is 21.2. The van der Waals surface area contributed by atoms with E-state index < -0.39 is 5.60 Å². The van der Waals surface area contributed by atoms with Gasteiger partial charge in [0, 0.05) is 24.5 Å². The lowest BCUT2D eigenvalue weighted by Gasteiger charge is -2.26. The second-order valence-corrected chi connectivity index (χ2v) is 7.51. The zero-order valence-corrected chi connectivity index (χ0v) is 15.7. The second-order valence-electron chi connectivity index (χ2n) is 7.10. The van der Waals surface area contributed by atoms with Crippen molar-refractivity contribution >= 4 is 17.5 Å². The lowest BCUT2D eigenvalue weighted by Crippen LogP contribution is -2.42. The molecule has 2 N–H and O–H groups in total. The Balaban J connectivity index is 1.74. The van der Waals surface area contributed by atoms with Crippen LogP contribution in [0.3, 0.4) is 0 Å². The Morgan fingerprint density at radius 2 is 1.85 bits per heavy atom. The lowest BCUT2D eigenvalue weighted by atomic mass is 9.94. The first-order valence-corrected chi connectivity index (χ1v) is 9.44. The van der Waals surface area contributed by atoms with Gasteiger partial charge in [0.25, 0.3) is 5.91 Å². The molecule has 0 bridgehead atoms. The van der Waals surface area contributed by atoms with Gasteiger partial charge in [0.05, 0.1) is 16.2 Å². The van der Waals surface area contributed by atoms with Crippen LogP contribution in [0.4, 0.5) is 0 Å². The van der Waals surface area contributed by atoms with E-state index >= 15 is 0 Å². The summed E-state index contributed by atoms with van der Waals surface area (Å²) in [7, 11) is 0. The third-order valence-corrected chi connectivity index (χ3v) is 5.19. The first kappa shape index (κ1) is 18.8. The van der Waals surface area contributed by atoms with Crippen LogP contribution in [-0.4, -0.2) is 33.1 Å². The van der Waals surface area contributed by atoms with Crippen molar-refractivity contribution in [2.45, 2.75) is 51.0 Å². The molecule has 138 valence electrons. The van der Waals surface area contributed by atoms with Crippen molar-refractivity contribution in [2.24, 2.45) is 0 Å². The molecule has 1 saturated carbocycles. The van der Waals surface area contributed by atoms with Crippen molar-refractivity contribution in [3.05, 3.63) is 46.7 Å². The molecule has 0 radical (unpaired) electrons. The topological polar surface area (TPSA) is 75.1 Å². The highest BCUT2D eigenvalue weighted by Gasteiger charge is 2.28. The Morgan fingerprint density at radius 3 is 2.50 bits per heavy atom. The van der Waals surface area contributed by atoms with Crippen LogP contribution >= 0.6 is 11.6 Å². The molecule has 3 rings (SSSR count). The summed E-state index contributed by atoms with van der Waals surface area (Å²) < 4.78 is 0. The maximum atomic E-state index is 12.6. The molecule has 1 fully saturated rings. The Bertz CT molecular complexity index is 769. The summed E-state index contributed by atoms with van der Waals surface area (Å²) in [5.41, 5.74) is 1.24. The minimum atomic E-state index is -0.823. The van der Waals surface area contributed by atoms with Crippen molar-refractivity contribution in [2.75, 3.05) is 6.54 Å². The fourth-order valence-electron chi connectivity index (χ4n) is 3.28. The van der Waals surface area contributed by atoms with E-state index in [0.717, 1.165) is 49.7 Å². The number of halogens is 1. The largest absolute Gasteiger partial charge is 0.388 e. The predicted octanol–water partition coefficient (Wildman–Crippen LogP) is 3.92. The zero-order valence-electron chi connectivity index (χ0n) is 15.0. The van der Waals surface area contributed by atoms with Crippen LogP contribution in [0.2, 0.25) is 5.02 Å². The molecule has 1 aliphatic rings. The van der Waals surface area contributed by atoms with Gasteiger partial charge in [-0.2, -0.15) is 0 Å². The molecule has 1 amide bonds. The molecular formula is C20H24ClN3O2. The molecule has 6 heteroatoms. The number of aromatic nitrogens is 2. The monoisotopic (exact) mass is 373 g/mol. The summed E-state index contributed by atoms with van der Waals surface area (Å²) >= 11 is 6.22. The molecule has 1 aromatic heterocycles. The van der Waals surface area contributed by atoms with Crippen LogP contribution in [-0.2, 0) is 0 Å². The molecule has 0 spiro atoms. The second kappa shape index (κ2) is 8.14. The molecule has 0 unspecified atom stereocenters. The van der Waals surface area contributed by atoms with Crippen molar-refractivity contribution in [1.29, 1.82) is 0 Å². The number of hydrogen-bond acceptors (Lipinski definition) is 4. The number of aliphatic hydroxyl groups is 1. The van der Waals surface area contributed by atoms with Crippen molar-refractivity contribution in [3.8, 4) is 11.4 Å². The summed E-state index contributed by atoms with van der Waals surface area (Å²) in [5, 5.41) is 13.9. The summed E-state index contributed by atoms with van der Waals surface area (Å²) in [6, 6.07) is 5.16. The molecule has 1 aliphatic carbocycles. The average Bonchev–Trinajstić information content (AvgIpc) is 2.86. The van der Waals surface area contributed by atoms with Gasteiger partial charge in [0.15, 0.2) is 5.82 Å². The SMILES string of the molecule is Cc1cnc(-c2ccc(Cl)c(C(=O)NCC3(O)CCCCCC3)c2)nc1. The quantitative estimate of drug-likeness (QED) is 0.796. The average molecular weight is 374 g/mol. The number of nitrogens with one attached hydrogen (secondary N) is 1. The first-order chi connectivity index (χ1) is 12.5. The molecule has 26 heavy (non-hydrogen) atoms. The van der Waals surface area contributed by atoms with E-state index in [1.165, 1.54) is 0 Å². The highest BCUT2D eigenvalue weighted by atomic mass is 35.5. The van der Waals surface area contributed by atoms with E-state index in [1.54, 1.807) is 30.6 Å². The van der Waals surface area contributed by atoms with Gasteiger partial charge in [0.1, 0.15) is 0 Å². The number of aryl methyl sites for hydroxylation is 1. The molecule has 0 saturated heterocycles. The molecule has 1 heterocycles. The molecule has 0 aliphatic heterocycles. The molecule has 0 atom stereocenters. The van der Waals surface area contributed by atoms with Gasteiger partial charge in [-0.05, 0) is 43.5 Å². The maximum Gasteiger partial charge on any atom is 0.252 e. The van der Waals surface area contributed by atoms with Gasteiger partial charge >= 0.3 is 0 Å². The van der Waals surface area contributed by atoms with E-state index in [2.05, 4.69) is 15.3 Å². The minimum Gasteiger partial charge on any atom is -0.388 e. The van der Waals surface area contributed by atoms with Crippen LogP contribution in [0.1, 0.15) is 54.4 Å². The molecule has 5 nitrogen and oxygen atoms in total. The van der Waals surface area contributed by atoms with E-state index in [4.69, 9.17) is 11.6 Å². The maximum absolute atomic E-state index is 12.6. The Kier molecular flexibility index (Phi) is 5.89. The third kappa shape index (κ3) is 4.59. The van der Waals surface area contributed by atoms with Crippen molar-refractivity contribution < 1.29 is 9.90 Å². The molecule has 1 aromatic carbocycles. The van der Waals surface area contributed by atoms with Crippen molar-refractivity contribution in [3.63, 3.8) is 0 Å². The Morgan fingerprint density at radius 1 is 1.19 bits per heavy atom. The number of carbonyl (C=O) groups is 1. The van der Waals surface area contributed by atoms with E-state index in [0.29, 0.717) is 16.4 Å². The van der Waals surface area contributed by atoms with Gasteiger partial charge in [-0.1, -0.05) is 37.3 Å². The standard InChI is InChI=1S/C20H24ClN3O2/c1-14-11-22-18(23-12-14)15-6-7-17(21)16(10-15)19(25)24-13-20(26)8-4-2-3-5-9-20/h6-7,10-12,26H,2-5,8-9,13H2,1H3,(H,24,25). The fraction of sp³-hybridized carbons (Fsp3) is 0.450. The van der Waals surface area contributed by atoms with Crippen LogP contribution in [0, 0.1) is 6.92 Å². The highest BCUT2D eigenvalue weighted by Crippen LogP contribution is 2.27. The number of hydrogen-bond donors (Lipinski definition) is 2. The molecule has 2 aromatic rings. The Labute approximate surface area is 158 Å². The third-order valence-electron chi connectivity index (χ3n) is 4.86. The predicted molar refractivity (Wildman–Crippen MR) is 102 cm³/mol. The fourth-order valence-corrected chi connectivity index (χ4v) is 3.49. The summed E-state index contributed by atoms with van der Waals surface area (Å²) in [6.07, 6.45) is 9.18. The highest BCUT2D eigenvalue weighted by molar-refractivity contribution is 6.34. The van der Waals surface area contributed by atoms with E-state index in [9.17, 15) is 9.90 Å². The van der Waals surface area contributed by atoms with E-state index in [1.807, 2.05) is 6.92 Å². The van der Waals surface area contributed by atoms with Crippen LogP contribution in [0.5, 0.6) is 0 Å². The van der Waals surface area contributed by atoms with Crippen LogP contribution < -0.4 is 5.32 Å². The number of carbonyl (C=O) groups excluding carboxylic acids is 1. The van der Waals surface area contributed by atoms with Gasteiger partial charge in [-0.3, -0.25) is 4.79 Å². The zero-order chi connectivity index (χ0) is 18.6. The number of nitrogens with zero attached hydrogens (tertiary/aromatic N) is 2. The van der Waals surface area contributed by atoms with E-state index in [-0.39, 0.29) is 12.5 Å².